The third kappa shape index (κ3) is 1.98. The van der Waals surface area contributed by atoms with Crippen LogP contribution in [0.3, 0.4) is 0 Å². The van der Waals surface area contributed by atoms with Gasteiger partial charge < -0.3 is 10.2 Å². The van der Waals surface area contributed by atoms with E-state index in [1.54, 1.807) is 23.4 Å². The Balaban J connectivity index is 2.07. The van der Waals surface area contributed by atoms with Gasteiger partial charge in [-0.25, -0.2) is 0 Å². The normalized spacial score (nSPS) is 17.9. The molecule has 0 bridgehead atoms. The van der Waals surface area contributed by atoms with E-state index in [1.807, 2.05) is 31.3 Å². The number of carbonyl (C=O) groups excluding carboxylic acids is 2. The molecular formula is C15H18N4O2. The zero-order chi connectivity index (χ0) is 15.2. The maximum absolute atomic E-state index is 12.9. The van der Waals surface area contributed by atoms with Crippen molar-refractivity contribution >= 4 is 22.7 Å². The molecule has 2 heterocycles. The van der Waals surface area contributed by atoms with Crippen LogP contribution in [0.15, 0.2) is 24.3 Å². The quantitative estimate of drug-likeness (QED) is 0.848. The zero-order valence-electron chi connectivity index (χ0n) is 12.4. The van der Waals surface area contributed by atoms with Gasteiger partial charge in [0.15, 0.2) is 5.69 Å². The molecular weight excluding hydrogens is 268 g/mol. The molecule has 0 spiro atoms. The summed E-state index contributed by atoms with van der Waals surface area (Å²) < 4.78 is 1.69. The van der Waals surface area contributed by atoms with Gasteiger partial charge in [-0.2, -0.15) is 5.10 Å². The highest BCUT2D eigenvalue weighted by molar-refractivity contribution is 6.07. The van der Waals surface area contributed by atoms with Crippen molar-refractivity contribution in [2.75, 3.05) is 13.1 Å². The third-order valence-electron chi connectivity index (χ3n) is 4.06. The summed E-state index contributed by atoms with van der Waals surface area (Å²) in [7, 11) is 1.81. The van der Waals surface area contributed by atoms with Crippen LogP contribution in [0.1, 0.15) is 24.3 Å². The van der Waals surface area contributed by atoms with Crippen LogP contribution in [0.4, 0.5) is 0 Å². The van der Waals surface area contributed by atoms with Crippen molar-refractivity contribution in [2.45, 2.75) is 19.4 Å². The third-order valence-corrected chi connectivity index (χ3v) is 4.06. The van der Waals surface area contributed by atoms with E-state index in [0.717, 1.165) is 10.9 Å². The highest BCUT2D eigenvalue weighted by Crippen LogP contribution is 2.24. The Morgan fingerprint density at radius 3 is 2.81 bits per heavy atom. The molecule has 1 aromatic carbocycles. The van der Waals surface area contributed by atoms with Gasteiger partial charge in [-0.1, -0.05) is 18.2 Å². The van der Waals surface area contributed by atoms with Crippen molar-refractivity contribution in [3.8, 4) is 0 Å². The lowest BCUT2D eigenvalue weighted by molar-refractivity contribution is -0.133. The first kappa shape index (κ1) is 13.6. The molecule has 0 unspecified atom stereocenters. The Morgan fingerprint density at radius 2 is 2.05 bits per heavy atom. The predicted molar refractivity (Wildman–Crippen MR) is 78.8 cm³/mol. The number of fused-ring (bicyclic) bond motifs is 1. The van der Waals surface area contributed by atoms with Gasteiger partial charge in [0.1, 0.15) is 5.54 Å². The molecule has 6 nitrogen and oxygen atoms in total. The lowest BCUT2D eigenvalue weighted by Crippen LogP contribution is -2.63. The van der Waals surface area contributed by atoms with Crippen molar-refractivity contribution in [1.29, 1.82) is 0 Å². The number of carbonyl (C=O) groups is 2. The number of hydrogen-bond donors (Lipinski definition) is 1. The molecule has 0 saturated carbocycles. The molecule has 1 fully saturated rings. The molecule has 1 aliphatic heterocycles. The summed E-state index contributed by atoms with van der Waals surface area (Å²) >= 11 is 0. The van der Waals surface area contributed by atoms with Gasteiger partial charge in [-0.3, -0.25) is 14.3 Å². The van der Waals surface area contributed by atoms with Gasteiger partial charge in [-0.15, -0.1) is 0 Å². The average molecular weight is 286 g/mol. The Kier molecular flexibility index (Phi) is 2.97. The number of rotatable bonds is 1. The van der Waals surface area contributed by atoms with Crippen LogP contribution in [-0.2, 0) is 11.8 Å². The first-order chi connectivity index (χ1) is 9.93. The van der Waals surface area contributed by atoms with Crippen molar-refractivity contribution in [1.82, 2.24) is 20.0 Å². The van der Waals surface area contributed by atoms with E-state index in [9.17, 15) is 9.59 Å². The Labute approximate surface area is 122 Å². The van der Waals surface area contributed by atoms with Crippen LogP contribution in [0.5, 0.6) is 0 Å². The minimum absolute atomic E-state index is 0.137. The number of nitrogens with zero attached hydrogens (tertiary/aromatic N) is 3. The molecule has 2 aromatic rings. The van der Waals surface area contributed by atoms with E-state index in [-0.39, 0.29) is 11.8 Å². The van der Waals surface area contributed by atoms with Crippen molar-refractivity contribution in [2.24, 2.45) is 7.05 Å². The summed E-state index contributed by atoms with van der Waals surface area (Å²) in [5.41, 5.74) is 0.435. The van der Waals surface area contributed by atoms with Gasteiger partial charge in [-0.05, 0) is 19.9 Å². The first-order valence-electron chi connectivity index (χ1n) is 6.95. The second-order valence-corrected chi connectivity index (χ2v) is 5.76. The summed E-state index contributed by atoms with van der Waals surface area (Å²) in [5.74, 6) is -0.339. The number of amides is 2. The molecule has 2 amide bonds. The number of nitrogens with one attached hydrogen (secondary N) is 1. The molecule has 110 valence electrons. The van der Waals surface area contributed by atoms with Crippen LogP contribution < -0.4 is 5.32 Å². The Hall–Kier alpha value is -2.37. The summed E-state index contributed by atoms with van der Waals surface area (Å²) in [6.45, 7) is 4.47. The number of piperazine rings is 1. The van der Waals surface area contributed by atoms with Gasteiger partial charge in [0, 0.05) is 25.5 Å². The summed E-state index contributed by atoms with van der Waals surface area (Å²) in [6.07, 6.45) is 0. The summed E-state index contributed by atoms with van der Waals surface area (Å²) in [4.78, 5) is 26.5. The highest BCUT2D eigenvalue weighted by Gasteiger charge is 2.41. The van der Waals surface area contributed by atoms with Crippen molar-refractivity contribution < 1.29 is 9.59 Å². The molecule has 3 rings (SSSR count). The fourth-order valence-corrected chi connectivity index (χ4v) is 2.75. The monoisotopic (exact) mass is 286 g/mol. The fraction of sp³-hybridized carbons (Fsp3) is 0.400. The number of aryl methyl sites for hydroxylation is 1. The van der Waals surface area contributed by atoms with Gasteiger partial charge in [0.2, 0.25) is 5.91 Å². The lowest BCUT2D eigenvalue weighted by atomic mass is 9.98. The number of hydrogen-bond acceptors (Lipinski definition) is 3. The fourth-order valence-electron chi connectivity index (χ4n) is 2.75. The average Bonchev–Trinajstić information content (AvgIpc) is 2.79. The molecule has 1 aromatic heterocycles. The van der Waals surface area contributed by atoms with E-state index in [1.165, 1.54) is 0 Å². The molecule has 1 saturated heterocycles. The molecule has 1 N–H and O–H groups in total. The maximum Gasteiger partial charge on any atom is 0.275 e. The smallest absolute Gasteiger partial charge is 0.275 e. The molecule has 1 aliphatic rings. The second-order valence-electron chi connectivity index (χ2n) is 5.76. The number of aromatic nitrogens is 2. The topological polar surface area (TPSA) is 67.2 Å². The van der Waals surface area contributed by atoms with Crippen molar-refractivity contribution in [3.63, 3.8) is 0 Å². The lowest BCUT2D eigenvalue weighted by Gasteiger charge is -2.40. The molecule has 6 heteroatoms. The van der Waals surface area contributed by atoms with Crippen LogP contribution >= 0.6 is 0 Å². The van der Waals surface area contributed by atoms with E-state index in [0.29, 0.717) is 18.8 Å². The minimum Gasteiger partial charge on any atom is -0.352 e. The molecule has 21 heavy (non-hydrogen) atoms. The van der Waals surface area contributed by atoms with Gasteiger partial charge in [0.05, 0.1) is 5.52 Å². The first-order valence-corrected chi connectivity index (χ1v) is 6.95. The van der Waals surface area contributed by atoms with E-state index >= 15 is 0 Å². The molecule has 0 radical (unpaired) electrons. The van der Waals surface area contributed by atoms with Crippen molar-refractivity contribution in [3.05, 3.63) is 30.0 Å². The van der Waals surface area contributed by atoms with Crippen LogP contribution in [-0.4, -0.2) is 45.1 Å². The Morgan fingerprint density at radius 1 is 1.33 bits per heavy atom. The predicted octanol–water partition coefficient (Wildman–Crippen LogP) is 0.924. The van der Waals surface area contributed by atoms with Crippen LogP contribution in [0, 0.1) is 0 Å². The summed E-state index contributed by atoms with van der Waals surface area (Å²) in [6, 6.07) is 7.60. The maximum atomic E-state index is 12.9. The van der Waals surface area contributed by atoms with E-state index in [2.05, 4.69) is 10.4 Å². The number of para-hydroxylation sites is 1. The highest BCUT2D eigenvalue weighted by atomic mass is 16.2. The summed E-state index contributed by atoms with van der Waals surface area (Å²) in [5, 5.41) is 7.95. The molecule has 0 atom stereocenters. The van der Waals surface area contributed by atoms with Crippen LogP contribution in [0.2, 0.25) is 0 Å². The second kappa shape index (κ2) is 4.58. The molecule has 0 aliphatic carbocycles. The Bertz CT molecular complexity index is 732. The largest absolute Gasteiger partial charge is 0.352 e. The SMILES string of the molecule is Cn1nc(C(=O)N2CCNC(=O)C2(C)C)c2ccccc21. The van der Waals surface area contributed by atoms with Crippen LogP contribution in [0.25, 0.3) is 10.9 Å². The minimum atomic E-state index is -0.867. The van der Waals surface area contributed by atoms with Gasteiger partial charge in [0.25, 0.3) is 5.91 Å². The standard InChI is InChI=1S/C15H18N4O2/c1-15(2)14(21)16-8-9-19(15)13(20)12-10-6-4-5-7-11(10)18(3)17-12/h4-7H,8-9H2,1-3H3,(H,16,21). The zero-order valence-corrected chi connectivity index (χ0v) is 12.4. The number of benzene rings is 1. The van der Waals surface area contributed by atoms with E-state index in [4.69, 9.17) is 0 Å². The van der Waals surface area contributed by atoms with E-state index < -0.39 is 5.54 Å². The van der Waals surface area contributed by atoms with Gasteiger partial charge >= 0.3 is 0 Å².